The van der Waals surface area contributed by atoms with E-state index in [2.05, 4.69) is 24.1 Å². The Morgan fingerprint density at radius 3 is 2.88 bits per heavy atom. The lowest BCUT2D eigenvalue weighted by Crippen LogP contribution is -2.57. The van der Waals surface area contributed by atoms with Crippen molar-refractivity contribution in [3.05, 3.63) is 0 Å². The molecule has 2 aliphatic heterocycles. The normalized spacial score (nSPS) is 35.4. The Balaban J connectivity index is 1.96. The fraction of sp³-hybridized carbons (Fsp3) is 0.923. The van der Waals surface area contributed by atoms with Crippen molar-refractivity contribution < 1.29 is 4.79 Å². The van der Waals surface area contributed by atoms with Gasteiger partial charge >= 0.3 is 0 Å². The molecule has 2 unspecified atom stereocenters. The second kappa shape index (κ2) is 4.74. The third-order valence-electron chi connectivity index (χ3n) is 4.24. The number of carbonyl (C=O) groups excluding carboxylic acids is 1. The summed E-state index contributed by atoms with van der Waals surface area (Å²) in [5, 5.41) is 3.41. The first-order chi connectivity index (χ1) is 7.65. The van der Waals surface area contributed by atoms with Gasteiger partial charge in [0.05, 0.1) is 5.54 Å². The van der Waals surface area contributed by atoms with Gasteiger partial charge in [0.15, 0.2) is 0 Å². The molecule has 3 heteroatoms. The van der Waals surface area contributed by atoms with Gasteiger partial charge in [-0.15, -0.1) is 0 Å². The second-order valence-corrected chi connectivity index (χ2v) is 5.53. The summed E-state index contributed by atoms with van der Waals surface area (Å²) in [6, 6.07) is 0. The quantitative estimate of drug-likeness (QED) is 0.775. The van der Waals surface area contributed by atoms with Crippen LogP contribution in [0.5, 0.6) is 0 Å². The van der Waals surface area contributed by atoms with E-state index in [1.165, 1.54) is 25.7 Å². The van der Waals surface area contributed by atoms with Crippen LogP contribution < -0.4 is 5.32 Å². The number of nitrogens with zero attached hydrogens (tertiary/aromatic N) is 1. The molecule has 2 rings (SSSR count). The molecule has 0 aliphatic carbocycles. The van der Waals surface area contributed by atoms with Crippen LogP contribution in [0.1, 0.15) is 46.0 Å². The smallest absolute Gasteiger partial charge is 0.242 e. The van der Waals surface area contributed by atoms with Crippen LogP contribution >= 0.6 is 0 Å². The molecule has 2 heterocycles. The maximum atomic E-state index is 12.4. The molecule has 2 atom stereocenters. The van der Waals surface area contributed by atoms with Crippen LogP contribution in [-0.4, -0.2) is 36.0 Å². The molecule has 0 aromatic carbocycles. The van der Waals surface area contributed by atoms with Crippen molar-refractivity contribution in [2.75, 3.05) is 19.6 Å². The van der Waals surface area contributed by atoms with Crippen LogP contribution in [0.15, 0.2) is 0 Å². The van der Waals surface area contributed by atoms with E-state index in [9.17, 15) is 4.79 Å². The molecule has 0 aromatic heterocycles. The molecule has 16 heavy (non-hydrogen) atoms. The van der Waals surface area contributed by atoms with E-state index in [0.717, 1.165) is 32.0 Å². The van der Waals surface area contributed by atoms with Crippen molar-refractivity contribution in [1.82, 2.24) is 10.2 Å². The summed E-state index contributed by atoms with van der Waals surface area (Å²) in [6.07, 6.45) is 5.78. The van der Waals surface area contributed by atoms with Crippen LogP contribution in [0.3, 0.4) is 0 Å². The first-order valence-electron chi connectivity index (χ1n) is 6.70. The van der Waals surface area contributed by atoms with Gasteiger partial charge in [-0.2, -0.15) is 0 Å². The third-order valence-corrected chi connectivity index (χ3v) is 4.24. The fourth-order valence-corrected chi connectivity index (χ4v) is 2.94. The Kier molecular flexibility index (Phi) is 3.53. The highest BCUT2D eigenvalue weighted by Crippen LogP contribution is 2.26. The van der Waals surface area contributed by atoms with Crippen molar-refractivity contribution in [2.24, 2.45) is 5.92 Å². The largest absolute Gasteiger partial charge is 0.341 e. The zero-order chi connectivity index (χ0) is 11.6. The zero-order valence-electron chi connectivity index (χ0n) is 10.6. The van der Waals surface area contributed by atoms with E-state index in [4.69, 9.17) is 0 Å². The maximum absolute atomic E-state index is 12.4. The summed E-state index contributed by atoms with van der Waals surface area (Å²) in [7, 11) is 0. The summed E-state index contributed by atoms with van der Waals surface area (Å²) in [5.74, 6) is 1.07. The first kappa shape index (κ1) is 11.9. The Morgan fingerprint density at radius 1 is 1.50 bits per heavy atom. The van der Waals surface area contributed by atoms with E-state index < -0.39 is 0 Å². The molecule has 0 aromatic rings. The number of carbonyl (C=O) groups is 1. The molecule has 92 valence electrons. The number of amides is 1. The molecule has 0 radical (unpaired) electrons. The van der Waals surface area contributed by atoms with E-state index >= 15 is 0 Å². The molecule has 2 fully saturated rings. The monoisotopic (exact) mass is 224 g/mol. The van der Waals surface area contributed by atoms with Gasteiger partial charge in [-0.3, -0.25) is 4.79 Å². The highest BCUT2D eigenvalue weighted by molar-refractivity contribution is 5.86. The molecular weight excluding hydrogens is 200 g/mol. The average Bonchev–Trinajstić information content (AvgIpc) is 2.77. The molecule has 1 N–H and O–H groups in total. The van der Waals surface area contributed by atoms with Crippen LogP contribution in [0.2, 0.25) is 0 Å². The number of likely N-dealkylation sites (tertiary alicyclic amines) is 1. The minimum Gasteiger partial charge on any atom is -0.341 e. The molecule has 0 bridgehead atoms. The van der Waals surface area contributed by atoms with Gasteiger partial charge in [-0.25, -0.2) is 0 Å². The molecule has 2 saturated heterocycles. The summed E-state index contributed by atoms with van der Waals surface area (Å²) in [5.41, 5.74) is -0.277. The third kappa shape index (κ3) is 2.24. The van der Waals surface area contributed by atoms with E-state index in [1.807, 2.05) is 0 Å². The molecule has 2 aliphatic rings. The Morgan fingerprint density at radius 2 is 2.31 bits per heavy atom. The summed E-state index contributed by atoms with van der Waals surface area (Å²) < 4.78 is 0. The Hall–Kier alpha value is -0.570. The number of piperidine rings is 1. The molecule has 3 nitrogen and oxygen atoms in total. The van der Waals surface area contributed by atoms with Crippen molar-refractivity contribution in [3.63, 3.8) is 0 Å². The number of rotatable bonds is 2. The van der Waals surface area contributed by atoms with Gasteiger partial charge in [0, 0.05) is 13.1 Å². The lowest BCUT2D eigenvalue weighted by Gasteiger charge is -2.36. The van der Waals surface area contributed by atoms with Crippen molar-refractivity contribution in [1.29, 1.82) is 0 Å². The SMILES string of the molecule is CCC1CCN(C(=O)C2(C)CCCCN2)C1. The van der Waals surface area contributed by atoms with E-state index in [-0.39, 0.29) is 5.54 Å². The Bertz CT molecular complexity index is 259. The molecular formula is C13H24N2O. The van der Waals surface area contributed by atoms with E-state index in [0.29, 0.717) is 5.91 Å². The zero-order valence-corrected chi connectivity index (χ0v) is 10.6. The second-order valence-electron chi connectivity index (χ2n) is 5.53. The van der Waals surface area contributed by atoms with Gasteiger partial charge in [0.1, 0.15) is 0 Å². The van der Waals surface area contributed by atoms with Crippen LogP contribution in [0, 0.1) is 5.92 Å². The highest BCUT2D eigenvalue weighted by atomic mass is 16.2. The van der Waals surface area contributed by atoms with Gasteiger partial charge < -0.3 is 10.2 Å². The van der Waals surface area contributed by atoms with Gasteiger partial charge in [0.25, 0.3) is 0 Å². The lowest BCUT2D eigenvalue weighted by atomic mass is 9.89. The summed E-state index contributed by atoms with van der Waals surface area (Å²) in [4.78, 5) is 14.5. The predicted molar refractivity (Wildman–Crippen MR) is 65.2 cm³/mol. The van der Waals surface area contributed by atoms with Gasteiger partial charge in [-0.05, 0) is 45.1 Å². The molecule has 0 saturated carbocycles. The van der Waals surface area contributed by atoms with Crippen molar-refractivity contribution in [2.45, 2.75) is 51.5 Å². The number of hydrogen-bond acceptors (Lipinski definition) is 2. The number of hydrogen-bond donors (Lipinski definition) is 1. The first-order valence-corrected chi connectivity index (χ1v) is 6.70. The minimum absolute atomic E-state index is 0.277. The highest BCUT2D eigenvalue weighted by Gasteiger charge is 2.39. The van der Waals surface area contributed by atoms with Crippen molar-refractivity contribution in [3.8, 4) is 0 Å². The molecule has 1 amide bonds. The van der Waals surface area contributed by atoms with Gasteiger partial charge in [-0.1, -0.05) is 13.3 Å². The standard InChI is InChI=1S/C13H24N2O/c1-3-11-6-9-15(10-11)12(16)13(2)7-4-5-8-14-13/h11,14H,3-10H2,1-2H3. The maximum Gasteiger partial charge on any atom is 0.242 e. The summed E-state index contributed by atoms with van der Waals surface area (Å²) in [6.45, 7) is 7.24. The van der Waals surface area contributed by atoms with Gasteiger partial charge in [0.2, 0.25) is 5.91 Å². The average molecular weight is 224 g/mol. The fourth-order valence-electron chi connectivity index (χ4n) is 2.94. The topological polar surface area (TPSA) is 32.3 Å². The van der Waals surface area contributed by atoms with Crippen LogP contribution in [-0.2, 0) is 4.79 Å². The van der Waals surface area contributed by atoms with Crippen molar-refractivity contribution >= 4 is 5.91 Å². The van der Waals surface area contributed by atoms with E-state index in [1.54, 1.807) is 0 Å². The van der Waals surface area contributed by atoms with Crippen LogP contribution in [0.4, 0.5) is 0 Å². The Labute approximate surface area is 98.6 Å². The molecule has 0 spiro atoms. The minimum atomic E-state index is -0.277. The lowest BCUT2D eigenvalue weighted by molar-refractivity contribution is -0.137. The predicted octanol–water partition coefficient (Wildman–Crippen LogP) is 1.78. The number of nitrogens with one attached hydrogen (secondary N) is 1. The summed E-state index contributed by atoms with van der Waals surface area (Å²) >= 11 is 0. The van der Waals surface area contributed by atoms with Crippen LogP contribution in [0.25, 0.3) is 0 Å².